The van der Waals surface area contributed by atoms with Crippen LogP contribution in [0.3, 0.4) is 0 Å². The minimum atomic E-state index is -0.345. The zero-order chi connectivity index (χ0) is 13.8. The fourth-order valence-corrected chi connectivity index (χ4v) is 2.43. The molecule has 2 aromatic rings. The second-order valence-corrected chi connectivity index (χ2v) is 5.43. The Hall–Kier alpha value is -1.56. The van der Waals surface area contributed by atoms with E-state index in [4.69, 9.17) is 9.26 Å². The van der Waals surface area contributed by atoms with Gasteiger partial charge in [-0.05, 0) is 31.5 Å². The first-order valence-corrected chi connectivity index (χ1v) is 6.89. The Bertz CT molecular complexity index is 559. The van der Waals surface area contributed by atoms with Crippen molar-refractivity contribution < 1.29 is 13.7 Å². The third-order valence-corrected chi connectivity index (χ3v) is 3.81. The van der Waals surface area contributed by atoms with E-state index in [1.54, 1.807) is 24.8 Å². The van der Waals surface area contributed by atoms with Gasteiger partial charge in [-0.3, -0.25) is 0 Å². The summed E-state index contributed by atoms with van der Waals surface area (Å²) in [5, 5.41) is 3.83. The molecular weight excluding hydrogens is 267 g/mol. The summed E-state index contributed by atoms with van der Waals surface area (Å²) in [4.78, 5) is 4.18. The van der Waals surface area contributed by atoms with Crippen molar-refractivity contribution in [2.24, 2.45) is 0 Å². The first-order chi connectivity index (χ1) is 9.10. The smallest absolute Gasteiger partial charge is 0.239 e. The van der Waals surface area contributed by atoms with Crippen molar-refractivity contribution in [3.63, 3.8) is 0 Å². The molecule has 0 fully saturated rings. The summed E-state index contributed by atoms with van der Waals surface area (Å²) in [7, 11) is 1.45. The highest BCUT2D eigenvalue weighted by molar-refractivity contribution is 7.98. The SMILES string of the molecule is COc1ccc(CS[C@@H](C)c2nc(C)no2)cc1F. The van der Waals surface area contributed by atoms with E-state index < -0.39 is 0 Å². The highest BCUT2D eigenvalue weighted by Crippen LogP contribution is 2.30. The number of aryl methyl sites for hydroxylation is 1. The fourth-order valence-electron chi connectivity index (χ4n) is 1.57. The molecule has 1 aromatic heterocycles. The van der Waals surface area contributed by atoms with Crippen LogP contribution >= 0.6 is 11.8 Å². The molecule has 0 spiro atoms. The van der Waals surface area contributed by atoms with Crippen molar-refractivity contribution in [3.05, 3.63) is 41.3 Å². The van der Waals surface area contributed by atoms with E-state index in [9.17, 15) is 4.39 Å². The molecule has 19 heavy (non-hydrogen) atoms. The second kappa shape index (κ2) is 6.06. The van der Waals surface area contributed by atoms with Crippen LogP contribution < -0.4 is 4.74 Å². The Morgan fingerprint density at radius 2 is 2.26 bits per heavy atom. The molecule has 0 aliphatic rings. The Morgan fingerprint density at radius 3 is 2.84 bits per heavy atom. The van der Waals surface area contributed by atoms with E-state index in [1.165, 1.54) is 13.2 Å². The molecule has 1 atom stereocenters. The number of rotatable bonds is 5. The average Bonchev–Trinajstić information content (AvgIpc) is 2.83. The van der Waals surface area contributed by atoms with E-state index in [0.717, 1.165) is 5.56 Å². The van der Waals surface area contributed by atoms with Crippen LogP contribution in [0.15, 0.2) is 22.7 Å². The molecule has 1 heterocycles. The number of aromatic nitrogens is 2. The summed E-state index contributed by atoms with van der Waals surface area (Å²) in [5.41, 5.74) is 0.895. The molecule has 0 aliphatic heterocycles. The highest BCUT2D eigenvalue weighted by Gasteiger charge is 2.14. The van der Waals surface area contributed by atoms with Gasteiger partial charge < -0.3 is 9.26 Å². The maximum absolute atomic E-state index is 13.5. The quantitative estimate of drug-likeness (QED) is 0.839. The zero-order valence-corrected chi connectivity index (χ0v) is 11.8. The number of halogens is 1. The molecule has 0 unspecified atom stereocenters. The normalized spacial score (nSPS) is 12.4. The topological polar surface area (TPSA) is 48.2 Å². The van der Waals surface area contributed by atoms with Gasteiger partial charge in [0.1, 0.15) is 0 Å². The summed E-state index contributed by atoms with van der Waals surface area (Å²) < 4.78 is 23.5. The van der Waals surface area contributed by atoms with Gasteiger partial charge in [0.15, 0.2) is 17.4 Å². The van der Waals surface area contributed by atoms with Crippen molar-refractivity contribution in [1.29, 1.82) is 0 Å². The molecular formula is C13H15FN2O2S. The van der Waals surface area contributed by atoms with Gasteiger partial charge in [0.25, 0.3) is 0 Å². The standard InChI is InChI=1S/C13H15FN2O2S/c1-8(13-15-9(2)16-18-13)19-7-10-4-5-12(17-3)11(14)6-10/h4-6,8H,7H2,1-3H3/t8-/m0/s1. The minimum absolute atomic E-state index is 0.0753. The summed E-state index contributed by atoms with van der Waals surface area (Å²) >= 11 is 1.61. The van der Waals surface area contributed by atoms with Crippen LogP contribution in [0.25, 0.3) is 0 Å². The van der Waals surface area contributed by atoms with Crippen molar-refractivity contribution in [1.82, 2.24) is 10.1 Å². The number of benzene rings is 1. The minimum Gasteiger partial charge on any atom is -0.494 e. The van der Waals surface area contributed by atoms with E-state index in [0.29, 0.717) is 17.5 Å². The zero-order valence-electron chi connectivity index (χ0n) is 11.0. The predicted molar refractivity (Wildman–Crippen MR) is 71.7 cm³/mol. The fraction of sp³-hybridized carbons (Fsp3) is 0.385. The Balaban J connectivity index is 1.97. The van der Waals surface area contributed by atoms with E-state index >= 15 is 0 Å². The van der Waals surface area contributed by atoms with E-state index in [-0.39, 0.29) is 16.8 Å². The van der Waals surface area contributed by atoms with Crippen LogP contribution in [-0.4, -0.2) is 17.3 Å². The van der Waals surface area contributed by atoms with Crippen LogP contribution in [0.2, 0.25) is 0 Å². The predicted octanol–water partition coefficient (Wildman–Crippen LogP) is 3.52. The van der Waals surface area contributed by atoms with Gasteiger partial charge in [0.2, 0.25) is 5.89 Å². The molecule has 1 aromatic carbocycles. The molecule has 4 nitrogen and oxygen atoms in total. The van der Waals surface area contributed by atoms with Crippen LogP contribution in [0.1, 0.15) is 29.5 Å². The number of nitrogens with zero attached hydrogens (tertiary/aromatic N) is 2. The van der Waals surface area contributed by atoms with E-state index in [1.807, 2.05) is 13.0 Å². The third kappa shape index (κ3) is 3.47. The average molecular weight is 282 g/mol. The second-order valence-electron chi connectivity index (χ2n) is 4.10. The molecule has 2 rings (SSSR count). The first kappa shape index (κ1) is 13.9. The van der Waals surface area contributed by atoms with Gasteiger partial charge in [-0.1, -0.05) is 11.2 Å². The lowest BCUT2D eigenvalue weighted by Crippen LogP contribution is -1.93. The van der Waals surface area contributed by atoms with Crippen molar-refractivity contribution in [3.8, 4) is 5.75 Å². The van der Waals surface area contributed by atoms with Crippen LogP contribution in [-0.2, 0) is 5.75 Å². The van der Waals surface area contributed by atoms with Crippen LogP contribution in [0, 0.1) is 12.7 Å². The number of ether oxygens (including phenoxy) is 1. The molecule has 0 saturated heterocycles. The lowest BCUT2D eigenvalue weighted by atomic mass is 10.2. The molecule has 0 saturated carbocycles. The molecule has 0 amide bonds. The number of hydrogen-bond acceptors (Lipinski definition) is 5. The van der Waals surface area contributed by atoms with Crippen LogP contribution in [0.4, 0.5) is 4.39 Å². The van der Waals surface area contributed by atoms with Gasteiger partial charge in [-0.25, -0.2) is 4.39 Å². The summed E-state index contributed by atoms with van der Waals surface area (Å²) in [5.74, 6) is 1.80. The molecule has 0 N–H and O–H groups in total. The lowest BCUT2D eigenvalue weighted by molar-refractivity contribution is 0.376. The Kier molecular flexibility index (Phi) is 4.42. The lowest BCUT2D eigenvalue weighted by Gasteiger charge is -2.08. The maximum Gasteiger partial charge on any atom is 0.239 e. The largest absolute Gasteiger partial charge is 0.494 e. The first-order valence-electron chi connectivity index (χ1n) is 5.84. The van der Waals surface area contributed by atoms with E-state index in [2.05, 4.69) is 10.1 Å². The number of hydrogen-bond donors (Lipinski definition) is 0. The number of methoxy groups -OCH3 is 1. The number of thioether (sulfide) groups is 1. The van der Waals surface area contributed by atoms with Crippen molar-refractivity contribution >= 4 is 11.8 Å². The van der Waals surface area contributed by atoms with Crippen molar-refractivity contribution in [2.45, 2.75) is 24.9 Å². The monoisotopic (exact) mass is 282 g/mol. The van der Waals surface area contributed by atoms with Gasteiger partial charge in [0, 0.05) is 5.75 Å². The van der Waals surface area contributed by atoms with Crippen molar-refractivity contribution in [2.75, 3.05) is 7.11 Å². The molecule has 6 heteroatoms. The summed E-state index contributed by atoms with van der Waals surface area (Å²) in [6, 6.07) is 4.96. The molecule has 0 aliphatic carbocycles. The van der Waals surface area contributed by atoms with Gasteiger partial charge in [0.05, 0.1) is 12.4 Å². The van der Waals surface area contributed by atoms with Gasteiger partial charge in [-0.2, -0.15) is 4.98 Å². The Labute approximate surface area is 115 Å². The molecule has 102 valence electrons. The maximum atomic E-state index is 13.5. The van der Waals surface area contributed by atoms with Gasteiger partial charge in [-0.15, -0.1) is 11.8 Å². The highest BCUT2D eigenvalue weighted by atomic mass is 32.2. The molecule has 0 bridgehead atoms. The third-order valence-electron chi connectivity index (χ3n) is 2.61. The Morgan fingerprint density at radius 1 is 1.47 bits per heavy atom. The molecule has 0 radical (unpaired) electrons. The summed E-state index contributed by atoms with van der Waals surface area (Å²) in [6.07, 6.45) is 0. The van der Waals surface area contributed by atoms with Gasteiger partial charge >= 0.3 is 0 Å². The van der Waals surface area contributed by atoms with Crippen LogP contribution in [0.5, 0.6) is 5.75 Å². The summed E-state index contributed by atoms with van der Waals surface area (Å²) in [6.45, 7) is 3.76.